The fourth-order valence-corrected chi connectivity index (χ4v) is 2.75. The van der Waals surface area contributed by atoms with Gasteiger partial charge in [-0.25, -0.2) is 20.2 Å². The first-order valence-corrected chi connectivity index (χ1v) is 8.54. The van der Waals surface area contributed by atoms with E-state index in [1.165, 1.54) is 0 Å². The molecule has 0 aliphatic heterocycles. The molecule has 0 spiro atoms. The van der Waals surface area contributed by atoms with Crippen molar-refractivity contribution in [3.63, 3.8) is 0 Å². The molecule has 2 aromatic carbocycles. The maximum atomic E-state index is 11.5. The van der Waals surface area contributed by atoms with Crippen LogP contribution in [0.2, 0.25) is 0 Å². The first-order valence-electron chi connectivity index (χ1n) is 8.54. The molecule has 0 amide bonds. The summed E-state index contributed by atoms with van der Waals surface area (Å²) in [5, 5.41) is 65.1. The highest BCUT2D eigenvalue weighted by Gasteiger charge is 2.34. The Morgan fingerprint density at radius 2 is 0.853 bits per heavy atom. The number of nitro groups is 6. The Kier molecular flexibility index (Phi) is 7.06. The molecular formula is C14H10N8O12. The van der Waals surface area contributed by atoms with Gasteiger partial charge < -0.3 is 0 Å². The summed E-state index contributed by atoms with van der Waals surface area (Å²) in [5.74, 6) is 0. The molecule has 20 heteroatoms. The Morgan fingerprint density at radius 1 is 0.529 bits per heavy atom. The fraction of sp³-hybridized carbons (Fsp3) is 0.143. The van der Waals surface area contributed by atoms with Gasteiger partial charge in [-0.05, 0) is 12.1 Å². The minimum atomic E-state index is -1.17. The lowest BCUT2D eigenvalue weighted by molar-refractivity contribution is -0.506. The van der Waals surface area contributed by atoms with Crippen molar-refractivity contribution in [2.24, 2.45) is 0 Å². The van der Waals surface area contributed by atoms with Crippen LogP contribution >= 0.6 is 0 Å². The van der Waals surface area contributed by atoms with Crippen molar-refractivity contribution in [3.05, 3.63) is 97.1 Å². The molecule has 0 aliphatic rings. The first-order chi connectivity index (χ1) is 15.8. The van der Waals surface area contributed by atoms with E-state index in [4.69, 9.17) is 0 Å². The summed E-state index contributed by atoms with van der Waals surface area (Å²) in [6.45, 7) is -1.92. The summed E-state index contributed by atoms with van der Waals surface area (Å²) in [7, 11) is 0. The van der Waals surface area contributed by atoms with Crippen LogP contribution in [-0.2, 0) is 0 Å². The van der Waals surface area contributed by atoms with Gasteiger partial charge >= 0.3 is 11.4 Å². The van der Waals surface area contributed by atoms with Crippen LogP contribution in [0.15, 0.2) is 36.4 Å². The van der Waals surface area contributed by atoms with Crippen LogP contribution in [-0.4, -0.2) is 42.8 Å². The van der Waals surface area contributed by atoms with Crippen LogP contribution in [0.4, 0.5) is 34.1 Å². The summed E-state index contributed by atoms with van der Waals surface area (Å²) in [6, 6.07) is 3.79. The number of rotatable bonds is 11. The topological polar surface area (TPSA) is 265 Å². The smallest absolute Gasteiger partial charge is 0.258 e. The quantitative estimate of drug-likeness (QED) is 0.327. The highest BCUT2D eigenvalue weighted by Crippen LogP contribution is 2.34. The van der Waals surface area contributed by atoms with E-state index < -0.39 is 77.0 Å². The van der Waals surface area contributed by atoms with Crippen LogP contribution in [0.3, 0.4) is 0 Å². The van der Waals surface area contributed by atoms with Gasteiger partial charge in [0.15, 0.2) is 21.4 Å². The summed E-state index contributed by atoms with van der Waals surface area (Å²) in [5.41, 5.74) is -5.07. The number of nitrogens with zero attached hydrogens (tertiary/aromatic N) is 8. The Labute approximate surface area is 185 Å². The molecule has 0 unspecified atom stereocenters. The Hall–Kier alpha value is -5.56. The second-order valence-corrected chi connectivity index (χ2v) is 6.10. The largest absolute Gasteiger partial charge is 0.305 e. The van der Waals surface area contributed by atoms with Crippen molar-refractivity contribution in [2.45, 2.75) is 0 Å². The van der Waals surface area contributed by atoms with Gasteiger partial charge in [0, 0.05) is 12.1 Å². The lowest BCUT2D eigenvalue weighted by Crippen LogP contribution is -2.41. The summed E-state index contributed by atoms with van der Waals surface area (Å²) in [6.07, 6.45) is 0. The van der Waals surface area contributed by atoms with Crippen LogP contribution in [0.25, 0.3) is 0 Å². The maximum absolute atomic E-state index is 11.5. The lowest BCUT2D eigenvalue weighted by atomic mass is 10.2. The van der Waals surface area contributed by atoms with E-state index in [1.807, 2.05) is 0 Å². The SMILES string of the molecule is O=[N+]([O-])c1ccc(N(CCN(c2ccc([N+](=O)[O-])cc2[N+](=O)[O-])[N+](=O)[O-])[N+](=O)[O-])c([N+](=O)[O-])c1. The van der Waals surface area contributed by atoms with Crippen molar-refractivity contribution < 1.29 is 29.8 Å². The van der Waals surface area contributed by atoms with Gasteiger partial charge in [0.2, 0.25) is 0 Å². The third-order valence-corrected chi connectivity index (χ3v) is 4.21. The van der Waals surface area contributed by atoms with Gasteiger partial charge in [-0.1, -0.05) is 10.0 Å². The standard InChI is InChI=1S/C14H10N8O12/c23-17(24)9-1-3-11(13(7-9)19(27)28)15(21(31)32)5-6-16(22(33)34)12-4-2-10(18(25)26)8-14(12)20(29)30/h1-4,7-8H,5-6H2. The molecule has 2 rings (SSSR count). The van der Waals surface area contributed by atoms with Crippen molar-refractivity contribution in [2.75, 3.05) is 23.1 Å². The number of benzene rings is 2. The molecule has 0 bridgehead atoms. The molecule has 0 radical (unpaired) electrons. The second-order valence-electron chi connectivity index (χ2n) is 6.10. The van der Waals surface area contributed by atoms with E-state index in [0.29, 0.717) is 24.3 Å². The van der Waals surface area contributed by atoms with E-state index in [0.717, 1.165) is 12.1 Å². The predicted molar refractivity (Wildman–Crippen MR) is 108 cm³/mol. The van der Waals surface area contributed by atoms with Gasteiger partial charge in [0.05, 0.1) is 31.8 Å². The molecule has 0 fully saturated rings. The Balaban J connectivity index is 2.48. The Bertz CT molecular complexity index is 1120. The predicted octanol–water partition coefficient (Wildman–Crippen LogP) is 2.02. The molecule has 0 heterocycles. The third-order valence-electron chi connectivity index (χ3n) is 4.21. The van der Waals surface area contributed by atoms with Gasteiger partial charge in [-0.2, -0.15) is 0 Å². The first kappa shape index (κ1) is 24.7. The maximum Gasteiger partial charge on any atom is 0.305 e. The number of hydrogen-bond donors (Lipinski definition) is 0. The van der Waals surface area contributed by atoms with E-state index in [2.05, 4.69) is 0 Å². The highest BCUT2D eigenvalue weighted by molar-refractivity contribution is 5.67. The molecule has 0 saturated heterocycles. The van der Waals surface area contributed by atoms with E-state index in [-0.39, 0.29) is 10.0 Å². The van der Waals surface area contributed by atoms with Gasteiger partial charge in [0.1, 0.15) is 13.1 Å². The number of hydrazine groups is 2. The fourth-order valence-electron chi connectivity index (χ4n) is 2.75. The zero-order valence-electron chi connectivity index (χ0n) is 16.4. The average Bonchev–Trinajstić information content (AvgIpc) is 2.75. The van der Waals surface area contributed by atoms with E-state index in [1.54, 1.807) is 0 Å². The number of hydrogen-bond acceptors (Lipinski definition) is 12. The summed E-state index contributed by atoms with van der Waals surface area (Å²) >= 11 is 0. The van der Waals surface area contributed by atoms with Gasteiger partial charge in [0.25, 0.3) is 11.4 Å². The zero-order valence-corrected chi connectivity index (χ0v) is 16.4. The average molecular weight is 482 g/mol. The molecule has 0 N–H and O–H groups in total. The monoisotopic (exact) mass is 482 g/mol. The minimum absolute atomic E-state index is 0.0928. The molecule has 0 aliphatic carbocycles. The second kappa shape index (κ2) is 9.71. The molecule has 2 aromatic rings. The van der Waals surface area contributed by atoms with Crippen LogP contribution in [0.1, 0.15) is 0 Å². The minimum Gasteiger partial charge on any atom is -0.258 e. The van der Waals surface area contributed by atoms with Gasteiger partial charge in [-0.15, -0.1) is 0 Å². The molecular weight excluding hydrogens is 472 g/mol. The summed E-state index contributed by atoms with van der Waals surface area (Å²) in [4.78, 5) is 63.1. The molecule has 0 saturated carbocycles. The molecule has 34 heavy (non-hydrogen) atoms. The van der Waals surface area contributed by atoms with Crippen molar-refractivity contribution in [1.29, 1.82) is 0 Å². The molecule has 0 aromatic heterocycles. The highest BCUT2D eigenvalue weighted by atomic mass is 16.7. The lowest BCUT2D eigenvalue weighted by Gasteiger charge is -2.18. The number of nitro benzene ring substituents is 4. The zero-order chi connectivity index (χ0) is 25.7. The van der Waals surface area contributed by atoms with Crippen LogP contribution in [0, 0.1) is 60.7 Å². The van der Waals surface area contributed by atoms with E-state index >= 15 is 0 Å². The van der Waals surface area contributed by atoms with Gasteiger partial charge in [-0.3, -0.25) is 40.5 Å². The van der Waals surface area contributed by atoms with Crippen LogP contribution < -0.4 is 10.0 Å². The Morgan fingerprint density at radius 3 is 1.09 bits per heavy atom. The molecule has 178 valence electrons. The number of non-ortho nitro benzene ring substituents is 2. The normalized spacial score (nSPS) is 10.2. The van der Waals surface area contributed by atoms with Crippen molar-refractivity contribution in [1.82, 2.24) is 0 Å². The van der Waals surface area contributed by atoms with E-state index in [9.17, 15) is 60.7 Å². The third kappa shape index (κ3) is 5.19. The molecule has 0 atom stereocenters. The van der Waals surface area contributed by atoms with Crippen molar-refractivity contribution in [3.8, 4) is 0 Å². The summed E-state index contributed by atoms with van der Waals surface area (Å²) < 4.78 is 0. The number of anilines is 2. The van der Waals surface area contributed by atoms with Crippen molar-refractivity contribution >= 4 is 34.1 Å². The van der Waals surface area contributed by atoms with Crippen LogP contribution in [0.5, 0.6) is 0 Å². The molecule has 20 nitrogen and oxygen atoms in total.